The average Bonchev–Trinajstić information content (AvgIpc) is 3.02. The molecule has 0 spiro atoms. The van der Waals surface area contributed by atoms with Crippen molar-refractivity contribution in [2.75, 3.05) is 5.32 Å². The van der Waals surface area contributed by atoms with Crippen LogP contribution < -0.4 is 5.32 Å². The molecular formula is C14H18N6. The fourth-order valence-electron chi connectivity index (χ4n) is 2.28. The minimum atomic E-state index is 0.729. The highest BCUT2D eigenvalue weighted by atomic mass is 15.3. The van der Waals surface area contributed by atoms with Gasteiger partial charge >= 0.3 is 0 Å². The van der Waals surface area contributed by atoms with Gasteiger partial charge in [-0.3, -0.25) is 9.36 Å². The molecule has 0 aliphatic heterocycles. The second kappa shape index (κ2) is 4.96. The van der Waals surface area contributed by atoms with E-state index in [0.29, 0.717) is 0 Å². The number of hydrogen-bond donors (Lipinski definition) is 1. The SMILES string of the molecule is CCn1cc(NCc2cnc3c(c2)c(C)nn3C)cn1. The van der Waals surface area contributed by atoms with Crippen molar-refractivity contribution in [2.45, 2.75) is 26.9 Å². The van der Waals surface area contributed by atoms with Gasteiger partial charge in [-0.25, -0.2) is 4.98 Å². The number of nitrogens with one attached hydrogen (secondary N) is 1. The number of fused-ring (bicyclic) bond motifs is 1. The fraction of sp³-hybridized carbons (Fsp3) is 0.357. The van der Waals surface area contributed by atoms with Crippen LogP contribution in [0, 0.1) is 6.92 Å². The number of aryl methyl sites for hydroxylation is 3. The largest absolute Gasteiger partial charge is 0.378 e. The molecule has 104 valence electrons. The minimum Gasteiger partial charge on any atom is -0.378 e. The monoisotopic (exact) mass is 270 g/mol. The van der Waals surface area contributed by atoms with Gasteiger partial charge in [-0.2, -0.15) is 10.2 Å². The Hall–Kier alpha value is -2.37. The van der Waals surface area contributed by atoms with Crippen molar-refractivity contribution in [3.8, 4) is 0 Å². The summed E-state index contributed by atoms with van der Waals surface area (Å²) in [4.78, 5) is 4.47. The first-order valence-corrected chi connectivity index (χ1v) is 6.72. The lowest BCUT2D eigenvalue weighted by molar-refractivity contribution is 0.660. The van der Waals surface area contributed by atoms with Gasteiger partial charge in [0.25, 0.3) is 0 Å². The van der Waals surface area contributed by atoms with Crippen LogP contribution in [0.15, 0.2) is 24.7 Å². The summed E-state index contributed by atoms with van der Waals surface area (Å²) in [5, 5.41) is 13.1. The Morgan fingerprint density at radius 3 is 2.90 bits per heavy atom. The molecule has 0 amide bonds. The zero-order valence-electron chi connectivity index (χ0n) is 12.0. The standard InChI is InChI=1S/C14H18N6/c1-4-20-9-12(8-17-20)15-6-11-5-13-10(2)18-19(3)14(13)16-7-11/h5,7-9,15H,4,6H2,1-3H3. The van der Waals surface area contributed by atoms with Gasteiger partial charge in [0.1, 0.15) is 0 Å². The molecule has 3 aromatic heterocycles. The van der Waals surface area contributed by atoms with Crippen LogP contribution in [-0.2, 0) is 20.1 Å². The molecule has 1 N–H and O–H groups in total. The number of pyridine rings is 1. The molecule has 0 aromatic carbocycles. The molecule has 0 saturated carbocycles. The van der Waals surface area contributed by atoms with Gasteiger partial charge in [0.2, 0.25) is 0 Å². The van der Waals surface area contributed by atoms with E-state index < -0.39 is 0 Å². The zero-order valence-corrected chi connectivity index (χ0v) is 12.0. The van der Waals surface area contributed by atoms with E-state index in [1.165, 1.54) is 0 Å². The second-order valence-corrected chi connectivity index (χ2v) is 4.86. The van der Waals surface area contributed by atoms with E-state index in [1.54, 1.807) is 0 Å². The van der Waals surface area contributed by atoms with Crippen LogP contribution in [0.1, 0.15) is 18.2 Å². The number of nitrogens with zero attached hydrogens (tertiary/aromatic N) is 5. The van der Waals surface area contributed by atoms with E-state index in [-0.39, 0.29) is 0 Å². The van der Waals surface area contributed by atoms with E-state index in [2.05, 4.69) is 33.5 Å². The maximum Gasteiger partial charge on any atom is 0.157 e. The first kappa shape index (κ1) is 12.7. The van der Waals surface area contributed by atoms with Crippen LogP contribution in [-0.4, -0.2) is 24.5 Å². The molecule has 0 atom stereocenters. The smallest absolute Gasteiger partial charge is 0.157 e. The fourth-order valence-corrected chi connectivity index (χ4v) is 2.28. The van der Waals surface area contributed by atoms with E-state index in [1.807, 2.05) is 41.9 Å². The van der Waals surface area contributed by atoms with E-state index in [0.717, 1.165) is 41.1 Å². The third-order valence-electron chi connectivity index (χ3n) is 3.37. The molecular weight excluding hydrogens is 252 g/mol. The van der Waals surface area contributed by atoms with Gasteiger partial charge in [0, 0.05) is 37.9 Å². The van der Waals surface area contributed by atoms with Crippen molar-refractivity contribution >= 4 is 16.7 Å². The summed E-state index contributed by atoms with van der Waals surface area (Å²) >= 11 is 0. The van der Waals surface area contributed by atoms with Gasteiger partial charge in [-0.15, -0.1) is 0 Å². The third-order valence-corrected chi connectivity index (χ3v) is 3.37. The number of anilines is 1. The molecule has 6 heteroatoms. The molecule has 0 aliphatic rings. The van der Waals surface area contributed by atoms with Gasteiger partial charge in [-0.1, -0.05) is 0 Å². The molecule has 0 aliphatic carbocycles. The van der Waals surface area contributed by atoms with Crippen molar-refractivity contribution in [2.24, 2.45) is 7.05 Å². The highest BCUT2D eigenvalue weighted by Gasteiger charge is 2.07. The molecule has 0 radical (unpaired) electrons. The van der Waals surface area contributed by atoms with Crippen molar-refractivity contribution < 1.29 is 0 Å². The van der Waals surface area contributed by atoms with Crippen LogP contribution >= 0.6 is 0 Å². The summed E-state index contributed by atoms with van der Waals surface area (Å²) in [6.45, 7) is 5.68. The highest BCUT2D eigenvalue weighted by Crippen LogP contribution is 2.17. The van der Waals surface area contributed by atoms with E-state index >= 15 is 0 Å². The lowest BCUT2D eigenvalue weighted by Crippen LogP contribution is -2.00. The maximum absolute atomic E-state index is 4.47. The topological polar surface area (TPSA) is 60.6 Å². The molecule has 0 saturated heterocycles. The lowest BCUT2D eigenvalue weighted by atomic mass is 10.2. The van der Waals surface area contributed by atoms with Crippen molar-refractivity contribution in [3.63, 3.8) is 0 Å². The van der Waals surface area contributed by atoms with Crippen LogP contribution in [0.25, 0.3) is 11.0 Å². The van der Waals surface area contributed by atoms with Crippen LogP contribution in [0.3, 0.4) is 0 Å². The predicted octanol–water partition coefficient (Wildman–Crippen LogP) is 2.11. The number of rotatable bonds is 4. The van der Waals surface area contributed by atoms with Crippen molar-refractivity contribution in [1.29, 1.82) is 0 Å². The molecule has 3 rings (SSSR count). The molecule has 3 aromatic rings. The summed E-state index contributed by atoms with van der Waals surface area (Å²) in [6, 6.07) is 2.14. The Balaban J connectivity index is 1.79. The summed E-state index contributed by atoms with van der Waals surface area (Å²) in [6.07, 6.45) is 5.73. The molecule has 6 nitrogen and oxygen atoms in total. The number of hydrogen-bond acceptors (Lipinski definition) is 4. The minimum absolute atomic E-state index is 0.729. The molecule has 0 unspecified atom stereocenters. The van der Waals surface area contributed by atoms with Gasteiger partial charge in [0.15, 0.2) is 5.65 Å². The Kier molecular flexibility index (Phi) is 3.14. The van der Waals surface area contributed by atoms with Gasteiger partial charge in [0.05, 0.1) is 17.6 Å². The third kappa shape index (κ3) is 2.24. The summed E-state index contributed by atoms with van der Waals surface area (Å²) in [7, 11) is 1.92. The average molecular weight is 270 g/mol. The quantitative estimate of drug-likeness (QED) is 0.788. The normalized spacial score (nSPS) is 11.2. The van der Waals surface area contributed by atoms with Crippen LogP contribution in [0.2, 0.25) is 0 Å². The lowest BCUT2D eigenvalue weighted by Gasteiger charge is -2.04. The van der Waals surface area contributed by atoms with Gasteiger partial charge < -0.3 is 5.32 Å². The Morgan fingerprint density at radius 1 is 1.30 bits per heavy atom. The highest BCUT2D eigenvalue weighted by molar-refractivity contribution is 5.78. The van der Waals surface area contributed by atoms with E-state index in [9.17, 15) is 0 Å². The molecule has 0 bridgehead atoms. The van der Waals surface area contributed by atoms with Crippen molar-refractivity contribution in [1.82, 2.24) is 24.5 Å². The Labute approximate surface area is 117 Å². The predicted molar refractivity (Wildman–Crippen MR) is 78.5 cm³/mol. The Bertz CT molecular complexity index is 739. The molecule has 20 heavy (non-hydrogen) atoms. The Morgan fingerprint density at radius 2 is 2.15 bits per heavy atom. The summed E-state index contributed by atoms with van der Waals surface area (Å²) in [5.41, 5.74) is 4.09. The van der Waals surface area contributed by atoms with Gasteiger partial charge in [-0.05, 0) is 25.5 Å². The van der Waals surface area contributed by atoms with Crippen LogP contribution in [0.4, 0.5) is 5.69 Å². The maximum atomic E-state index is 4.47. The first-order chi connectivity index (χ1) is 9.67. The second-order valence-electron chi connectivity index (χ2n) is 4.86. The summed E-state index contributed by atoms with van der Waals surface area (Å²) in [5.74, 6) is 0. The molecule has 3 heterocycles. The van der Waals surface area contributed by atoms with E-state index in [4.69, 9.17) is 0 Å². The zero-order chi connectivity index (χ0) is 14.1. The van der Waals surface area contributed by atoms with Crippen LogP contribution in [0.5, 0.6) is 0 Å². The molecule has 0 fully saturated rings. The summed E-state index contributed by atoms with van der Waals surface area (Å²) < 4.78 is 3.71. The first-order valence-electron chi connectivity index (χ1n) is 6.72. The number of aromatic nitrogens is 5. The van der Waals surface area contributed by atoms with Crippen molar-refractivity contribution in [3.05, 3.63) is 35.9 Å².